The fourth-order valence-electron chi connectivity index (χ4n) is 5.06. The zero-order valence-electron chi connectivity index (χ0n) is 17.7. The molecular formula is C24H23N3O5. The van der Waals surface area contributed by atoms with Crippen molar-refractivity contribution in [2.45, 2.75) is 51.5 Å². The van der Waals surface area contributed by atoms with Gasteiger partial charge in [0.25, 0.3) is 5.56 Å². The molecule has 3 N–H and O–H groups in total. The molecule has 4 heterocycles. The van der Waals surface area contributed by atoms with Crippen molar-refractivity contribution in [2.75, 3.05) is 0 Å². The summed E-state index contributed by atoms with van der Waals surface area (Å²) in [5, 5.41) is 14.4. The molecular weight excluding hydrogens is 410 g/mol. The Balaban J connectivity index is 1.77. The van der Waals surface area contributed by atoms with Crippen molar-refractivity contribution in [3.05, 3.63) is 50.6 Å². The van der Waals surface area contributed by atoms with Gasteiger partial charge in [-0.25, -0.2) is 0 Å². The summed E-state index contributed by atoms with van der Waals surface area (Å²) >= 11 is 0. The molecule has 0 radical (unpaired) electrons. The Hall–Kier alpha value is -3.68. The van der Waals surface area contributed by atoms with Crippen LogP contribution in [0.15, 0.2) is 42.7 Å². The van der Waals surface area contributed by atoms with Gasteiger partial charge in [0.1, 0.15) is 17.2 Å². The van der Waals surface area contributed by atoms with Crippen LogP contribution in [0.1, 0.15) is 50.3 Å². The van der Waals surface area contributed by atoms with E-state index in [4.69, 9.17) is 8.83 Å². The first-order valence-corrected chi connectivity index (χ1v) is 11.0. The minimum absolute atomic E-state index is 0.0957. The van der Waals surface area contributed by atoms with Gasteiger partial charge in [-0.1, -0.05) is 25.7 Å². The number of aromatic amines is 2. The van der Waals surface area contributed by atoms with Gasteiger partial charge in [0.05, 0.1) is 22.5 Å². The first-order chi connectivity index (χ1) is 15.5. The molecule has 0 saturated heterocycles. The average molecular weight is 433 g/mol. The first-order valence-electron chi connectivity index (χ1n) is 11.0. The first kappa shape index (κ1) is 19.0. The van der Waals surface area contributed by atoms with E-state index < -0.39 is 11.2 Å². The van der Waals surface area contributed by atoms with Crippen molar-refractivity contribution >= 4 is 33.1 Å². The number of aryl methyl sites for hydroxylation is 1. The second kappa shape index (κ2) is 6.91. The molecule has 1 aliphatic rings. The number of phenolic OH excluding ortho intramolecular Hbond substituents is 1. The van der Waals surface area contributed by atoms with Crippen LogP contribution < -0.4 is 11.0 Å². The molecule has 6 rings (SSSR count). The summed E-state index contributed by atoms with van der Waals surface area (Å²) in [6.07, 6.45) is 6.63. The van der Waals surface area contributed by atoms with Crippen LogP contribution >= 0.6 is 0 Å². The highest BCUT2D eigenvalue weighted by atomic mass is 16.4. The van der Waals surface area contributed by atoms with Gasteiger partial charge in [-0.15, -0.1) is 0 Å². The standard InChI is InChI=1S/C24H23N3O5/c1-12-8-11-16(31-12)17-18-23(27(26-24(18)30)13-6-4-2-3-5-7-13)25-19-14-9-10-15(28)20(29)21(14)32-22(17)19/h8-11,13,25,29H,2-7H2,1H3,(H,26,30). The topological polar surface area (TPSA) is 117 Å². The van der Waals surface area contributed by atoms with E-state index in [1.807, 2.05) is 17.7 Å². The Morgan fingerprint density at radius 1 is 1.00 bits per heavy atom. The molecule has 0 bridgehead atoms. The zero-order chi connectivity index (χ0) is 22.0. The van der Waals surface area contributed by atoms with Crippen LogP contribution in [-0.4, -0.2) is 19.9 Å². The summed E-state index contributed by atoms with van der Waals surface area (Å²) in [5.74, 6) is 0.755. The van der Waals surface area contributed by atoms with Gasteiger partial charge in [0, 0.05) is 5.39 Å². The molecule has 8 nitrogen and oxygen atoms in total. The summed E-state index contributed by atoms with van der Waals surface area (Å²) in [5.41, 5.74) is 1.49. The summed E-state index contributed by atoms with van der Waals surface area (Å²) in [6, 6.07) is 6.76. The Morgan fingerprint density at radius 2 is 1.78 bits per heavy atom. The predicted molar refractivity (Wildman–Crippen MR) is 121 cm³/mol. The SMILES string of the molecule is Cc1ccc(-c2c3oc4c(O)c(=O)ccc4c3[nH]c3c2c(=O)[nH]n3C2CCCCCC2)o1. The second-order valence-electron chi connectivity index (χ2n) is 8.69. The molecule has 0 aliphatic heterocycles. The van der Waals surface area contributed by atoms with Crippen molar-refractivity contribution < 1.29 is 13.9 Å². The number of furan rings is 2. The van der Waals surface area contributed by atoms with Crippen LogP contribution in [0.3, 0.4) is 0 Å². The lowest BCUT2D eigenvalue weighted by Crippen LogP contribution is -2.13. The minimum Gasteiger partial charge on any atom is -0.502 e. The summed E-state index contributed by atoms with van der Waals surface area (Å²) in [4.78, 5) is 28.6. The van der Waals surface area contributed by atoms with Gasteiger partial charge >= 0.3 is 0 Å². The van der Waals surface area contributed by atoms with Crippen LogP contribution in [-0.2, 0) is 0 Å². The number of H-pyrrole nitrogens is 2. The number of hydrogen-bond acceptors (Lipinski definition) is 5. The second-order valence-corrected chi connectivity index (χ2v) is 8.69. The highest BCUT2D eigenvalue weighted by molar-refractivity contribution is 6.14. The van der Waals surface area contributed by atoms with Gasteiger partial charge in [0.2, 0.25) is 11.2 Å². The monoisotopic (exact) mass is 433 g/mol. The third kappa shape index (κ3) is 2.68. The van der Waals surface area contributed by atoms with E-state index >= 15 is 0 Å². The summed E-state index contributed by atoms with van der Waals surface area (Å²) in [7, 11) is 0. The smallest absolute Gasteiger partial charge is 0.274 e. The number of hydrogen-bond donors (Lipinski definition) is 3. The Bertz CT molecular complexity index is 1600. The molecule has 0 amide bonds. The van der Waals surface area contributed by atoms with Crippen molar-refractivity contribution in [2.24, 2.45) is 0 Å². The fraction of sp³-hybridized carbons (Fsp3) is 0.333. The maximum Gasteiger partial charge on any atom is 0.274 e. The summed E-state index contributed by atoms with van der Waals surface area (Å²) < 4.78 is 13.8. The number of pyridine rings is 1. The molecule has 1 aliphatic carbocycles. The van der Waals surface area contributed by atoms with Crippen molar-refractivity contribution in [1.82, 2.24) is 14.8 Å². The van der Waals surface area contributed by atoms with Crippen molar-refractivity contribution in [3.63, 3.8) is 0 Å². The van der Waals surface area contributed by atoms with Gasteiger partial charge in [-0.2, -0.15) is 0 Å². The van der Waals surface area contributed by atoms with Gasteiger partial charge in [0.15, 0.2) is 11.2 Å². The fourth-order valence-corrected chi connectivity index (χ4v) is 5.06. The van der Waals surface area contributed by atoms with E-state index in [-0.39, 0.29) is 17.2 Å². The molecule has 1 aromatic carbocycles. The van der Waals surface area contributed by atoms with Crippen molar-refractivity contribution in [1.29, 1.82) is 0 Å². The Kier molecular flexibility index (Phi) is 4.11. The number of rotatable bonds is 2. The van der Waals surface area contributed by atoms with Gasteiger partial charge in [-0.05, 0) is 44.0 Å². The lowest BCUT2D eigenvalue weighted by molar-refractivity contribution is 0.413. The van der Waals surface area contributed by atoms with Crippen LogP contribution in [0.25, 0.3) is 44.4 Å². The average Bonchev–Trinajstić information content (AvgIpc) is 3.39. The number of phenols is 1. The van der Waals surface area contributed by atoms with Crippen LogP contribution in [0.2, 0.25) is 0 Å². The summed E-state index contributed by atoms with van der Waals surface area (Å²) in [6.45, 7) is 1.84. The molecule has 4 aromatic heterocycles. The number of nitrogens with zero attached hydrogens (tertiary/aromatic N) is 1. The lowest BCUT2D eigenvalue weighted by atomic mass is 10.1. The molecule has 0 unspecified atom stereocenters. The highest BCUT2D eigenvalue weighted by Gasteiger charge is 2.27. The molecule has 164 valence electrons. The number of aromatic nitrogens is 3. The van der Waals surface area contributed by atoms with E-state index in [2.05, 4.69) is 10.1 Å². The lowest BCUT2D eigenvalue weighted by Gasteiger charge is -2.17. The molecule has 1 saturated carbocycles. The molecule has 1 fully saturated rings. The van der Waals surface area contributed by atoms with Crippen molar-refractivity contribution in [3.8, 4) is 17.1 Å². The van der Waals surface area contributed by atoms with E-state index in [0.717, 1.165) is 25.7 Å². The largest absolute Gasteiger partial charge is 0.502 e. The van der Waals surface area contributed by atoms with Gasteiger partial charge in [-0.3, -0.25) is 19.4 Å². The number of fused-ring (bicyclic) bond motifs is 4. The van der Waals surface area contributed by atoms with E-state index in [1.165, 1.54) is 18.9 Å². The third-order valence-electron chi connectivity index (χ3n) is 6.62. The van der Waals surface area contributed by atoms with Crippen LogP contribution in [0.5, 0.6) is 5.75 Å². The highest BCUT2D eigenvalue weighted by Crippen LogP contribution is 2.41. The molecule has 5 aromatic rings. The Morgan fingerprint density at radius 3 is 2.50 bits per heavy atom. The Labute approximate surface area is 181 Å². The number of nitrogens with one attached hydrogen (secondary N) is 2. The number of aromatic hydroxyl groups is 1. The maximum atomic E-state index is 13.2. The maximum absolute atomic E-state index is 13.2. The van der Waals surface area contributed by atoms with E-state index in [0.29, 0.717) is 44.6 Å². The van der Waals surface area contributed by atoms with E-state index in [1.54, 1.807) is 12.1 Å². The third-order valence-corrected chi connectivity index (χ3v) is 6.62. The normalized spacial score (nSPS) is 15.8. The molecule has 0 atom stereocenters. The van der Waals surface area contributed by atoms with Crippen LogP contribution in [0.4, 0.5) is 0 Å². The van der Waals surface area contributed by atoms with E-state index in [9.17, 15) is 14.7 Å². The predicted octanol–water partition coefficient (Wildman–Crippen LogP) is 5.09. The quantitative estimate of drug-likeness (QED) is 0.335. The van der Waals surface area contributed by atoms with Crippen LogP contribution in [0, 0.1) is 6.92 Å². The molecule has 32 heavy (non-hydrogen) atoms. The number of benzene rings is 1. The zero-order valence-corrected chi connectivity index (χ0v) is 17.7. The van der Waals surface area contributed by atoms with Gasteiger partial charge < -0.3 is 18.9 Å². The molecule has 0 spiro atoms. The minimum atomic E-state index is -0.516. The molecule has 8 heteroatoms.